The van der Waals surface area contributed by atoms with Gasteiger partial charge in [-0.15, -0.1) is 0 Å². The van der Waals surface area contributed by atoms with Gasteiger partial charge in [0, 0.05) is 48.0 Å². The van der Waals surface area contributed by atoms with E-state index in [1.165, 1.54) is 7.05 Å². The smallest absolute Gasteiger partial charge is 0.371 e. The highest BCUT2D eigenvalue weighted by molar-refractivity contribution is 7.98. The lowest BCUT2D eigenvalue weighted by Crippen LogP contribution is -2.32. The van der Waals surface area contributed by atoms with Gasteiger partial charge in [0.15, 0.2) is 0 Å². The monoisotopic (exact) mass is 498 g/mol. The third-order valence-electron chi connectivity index (χ3n) is 4.05. The van der Waals surface area contributed by atoms with E-state index in [1.54, 1.807) is 36.2 Å². The lowest BCUT2D eigenvalue weighted by molar-refractivity contribution is -0.130. The van der Waals surface area contributed by atoms with Gasteiger partial charge in [0.25, 0.3) is 0 Å². The number of imidazole rings is 2. The molecule has 2 rings (SSSR count). The molecule has 33 heavy (non-hydrogen) atoms. The lowest BCUT2D eigenvalue weighted by atomic mass is 10.4. The number of carboxylic acids is 2. The van der Waals surface area contributed by atoms with Crippen LogP contribution in [0.2, 0.25) is 0 Å². The van der Waals surface area contributed by atoms with E-state index in [-0.39, 0.29) is 11.7 Å². The summed E-state index contributed by atoms with van der Waals surface area (Å²) >= 11 is 3.34. The third-order valence-corrected chi connectivity index (χ3v) is 5.97. The Morgan fingerprint density at radius 3 is 2.00 bits per heavy atom. The molecule has 14 heteroatoms. The number of thioether (sulfide) groups is 2. The number of amidine groups is 2. The lowest BCUT2D eigenvalue weighted by Gasteiger charge is -2.04. The van der Waals surface area contributed by atoms with E-state index in [0.29, 0.717) is 13.1 Å². The molecule has 0 aliphatic carbocycles. The zero-order valence-electron chi connectivity index (χ0n) is 18.8. The summed E-state index contributed by atoms with van der Waals surface area (Å²) in [5.74, 6) is 0.603. The Balaban J connectivity index is 0.000000331. The van der Waals surface area contributed by atoms with Crippen molar-refractivity contribution in [3.63, 3.8) is 0 Å². The van der Waals surface area contributed by atoms with Crippen LogP contribution >= 0.6 is 23.5 Å². The summed E-state index contributed by atoms with van der Waals surface area (Å²) in [5, 5.41) is 19.9. The van der Waals surface area contributed by atoms with Crippen molar-refractivity contribution in [3.8, 4) is 0 Å². The Morgan fingerprint density at radius 2 is 1.58 bits per heavy atom. The second kappa shape index (κ2) is 15.7. The molecule has 0 aliphatic heterocycles. The number of aliphatic imine (C=N–C) groups is 2. The van der Waals surface area contributed by atoms with Gasteiger partial charge in [-0.3, -0.25) is 9.98 Å². The van der Waals surface area contributed by atoms with Crippen LogP contribution < -0.4 is 11.1 Å². The van der Waals surface area contributed by atoms with Gasteiger partial charge in [0.1, 0.15) is 0 Å². The van der Waals surface area contributed by atoms with Crippen molar-refractivity contribution in [2.75, 3.05) is 31.6 Å². The summed E-state index contributed by atoms with van der Waals surface area (Å²) < 4.78 is 0. The molecule has 2 aromatic rings. The fourth-order valence-electron chi connectivity index (χ4n) is 2.19. The first-order chi connectivity index (χ1) is 15.8. The molecule has 7 N–H and O–H groups in total. The number of aryl methyl sites for hydroxylation is 2. The number of aliphatic carboxylic acids is 2. The van der Waals surface area contributed by atoms with Crippen LogP contribution in [0.4, 0.5) is 0 Å². The zero-order chi connectivity index (χ0) is 24.6. The molecular weight excluding hydrogens is 468 g/mol. The fourth-order valence-corrected chi connectivity index (χ4v) is 3.92. The van der Waals surface area contributed by atoms with E-state index in [0.717, 1.165) is 45.8 Å². The van der Waals surface area contributed by atoms with Crippen LogP contribution in [-0.2, 0) is 21.1 Å². The summed E-state index contributed by atoms with van der Waals surface area (Å²) in [5.41, 5.74) is 9.33. The molecule has 0 aromatic carbocycles. The largest absolute Gasteiger partial charge is 0.475 e. The molecule has 12 nitrogen and oxygen atoms in total. The molecule has 0 saturated heterocycles. The third kappa shape index (κ3) is 11.4. The van der Waals surface area contributed by atoms with Crippen molar-refractivity contribution in [3.05, 3.63) is 35.4 Å². The average molecular weight is 499 g/mol. The first-order valence-corrected chi connectivity index (χ1v) is 12.2. The zero-order valence-corrected chi connectivity index (χ0v) is 20.4. The number of nitrogens with two attached hydrogens (primary N) is 1. The molecular formula is C19H30N8O4S2. The molecule has 0 aliphatic rings. The highest BCUT2D eigenvalue weighted by atomic mass is 32.2. The van der Waals surface area contributed by atoms with Gasteiger partial charge < -0.3 is 31.2 Å². The van der Waals surface area contributed by atoms with Gasteiger partial charge in [-0.05, 0) is 13.8 Å². The standard InChI is InChI=1S/C10H16N4O2S.C9H14N4O2S/c1-7-8(14-6-13-7)5-17-4-3-12-9(11-2)10(15)16;1-6-7(13-5-12-6)4-16-3-2-11-8(10)9(14)15/h6H,3-5H2,1-2H3,(H,11,12)(H,13,14)(H,15,16);5H,2-4H2,1H3,(H2,10,11)(H,12,13)(H,14,15). The normalized spacial score (nSPS) is 11.6. The van der Waals surface area contributed by atoms with Crippen molar-refractivity contribution in [2.45, 2.75) is 25.4 Å². The average Bonchev–Trinajstić information content (AvgIpc) is 3.38. The number of H-pyrrole nitrogens is 2. The van der Waals surface area contributed by atoms with Gasteiger partial charge >= 0.3 is 11.9 Å². The Kier molecular flexibility index (Phi) is 13.4. The molecule has 2 heterocycles. The first-order valence-electron chi connectivity index (χ1n) is 9.86. The van der Waals surface area contributed by atoms with Gasteiger partial charge in [-0.2, -0.15) is 23.5 Å². The van der Waals surface area contributed by atoms with Crippen LogP contribution in [0.5, 0.6) is 0 Å². The Labute approximate surface area is 200 Å². The van der Waals surface area contributed by atoms with Crippen LogP contribution in [0.1, 0.15) is 22.8 Å². The summed E-state index contributed by atoms with van der Waals surface area (Å²) in [6, 6.07) is 0. The molecule has 2 aromatic heterocycles. The number of carboxylic acid groups (broad SMARTS) is 2. The van der Waals surface area contributed by atoms with Crippen LogP contribution in [0.25, 0.3) is 0 Å². The van der Waals surface area contributed by atoms with E-state index < -0.39 is 11.9 Å². The first kappa shape index (κ1) is 28.0. The van der Waals surface area contributed by atoms with E-state index in [1.807, 2.05) is 13.8 Å². The summed E-state index contributed by atoms with van der Waals surface area (Å²) in [6.07, 6.45) is 3.33. The predicted molar refractivity (Wildman–Crippen MR) is 132 cm³/mol. The molecule has 0 unspecified atom stereocenters. The van der Waals surface area contributed by atoms with Gasteiger partial charge in [-0.1, -0.05) is 0 Å². The summed E-state index contributed by atoms with van der Waals surface area (Å²) in [7, 11) is 1.46. The fraction of sp³-hybridized carbons (Fsp3) is 0.474. The number of hydrogen-bond acceptors (Lipinski definition) is 8. The molecule has 0 spiro atoms. The molecule has 0 radical (unpaired) electrons. The van der Waals surface area contributed by atoms with Crippen LogP contribution in [0.3, 0.4) is 0 Å². The van der Waals surface area contributed by atoms with Crippen molar-refractivity contribution in [2.24, 2.45) is 15.7 Å². The van der Waals surface area contributed by atoms with Crippen LogP contribution in [0.15, 0.2) is 22.6 Å². The number of carbonyl (C=O) groups is 2. The summed E-state index contributed by atoms with van der Waals surface area (Å²) in [4.78, 5) is 42.6. The highest BCUT2D eigenvalue weighted by Gasteiger charge is 2.06. The number of nitrogens with zero attached hydrogens (tertiary/aromatic N) is 4. The van der Waals surface area contributed by atoms with Gasteiger partial charge in [0.2, 0.25) is 11.7 Å². The van der Waals surface area contributed by atoms with Gasteiger partial charge in [0.05, 0.1) is 30.6 Å². The van der Waals surface area contributed by atoms with Crippen molar-refractivity contribution < 1.29 is 19.8 Å². The maximum atomic E-state index is 10.6. The predicted octanol–water partition coefficient (Wildman–Crippen LogP) is 1.05. The number of nitrogens with one attached hydrogen (secondary N) is 3. The Bertz CT molecular complexity index is 942. The highest BCUT2D eigenvalue weighted by Crippen LogP contribution is 2.12. The Hall–Kier alpha value is -3.00. The van der Waals surface area contributed by atoms with Crippen LogP contribution in [-0.4, -0.2) is 85.4 Å². The number of aromatic amines is 2. The molecule has 0 saturated carbocycles. The minimum absolute atomic E-state index is 0.00144. The van der Waals surface area contributed by atoms with E-state index in [4.69, 9.17) is 15.9 Å². The molecule has 0 amide bonds. The number of rotatable bonds is 10. The number of hydrogen-bond donors (Lipinski definition) is 6. The van der Waals surface area contributed by atoms with Gasteiger partial charge in [-0.25, -0.2) is 19.6 Å². The minimum Gasteiger partial charge on any atom is -0.475 e. The Morgan fingerprint density at radius 1 is 1.03 bits per heavy atom. The quantitative estimate of drug-likeness (QED) is 0.156. The minimum atomic E-state index is -1.17. The van der Waals surface area contributed by atoms with E-state index >= 15 is 0 Å². The molecule has 0 bridgehead atoms. The van der Waals surface area contributed by atoms with Crippen molar-refractivity contribution >= 4 is 47.1 Å². The molecule has 0 fully saturated rings. The van der Waals surface area contributed by atoms with Crippen molar-refractivity contribution in [1.29, 1.82) is 0 Å². The van der Waals surface area contributed by atoms with E-state index in [2.05, 4.69) is 35.2 Å². The van der Waals surface area contributed by atoms with Crippen LogP contribution in [0, 0.1) is 13.8 Å². The SMILES string of the molecule is CN=C(NCCSCc1nc[nH]c1C)C(=O)O.Cc1[nH]cnc1CSCCN=C(N)C(=O)O. The maximum Gasteiger partial charge on any atom is 0.371 e. The maximum absolute atomic E-state index is 10.6. The second-order valence-electron chi connectivity index (χ2n) is 6.43. The summed E-state index contributed by atoms with van der Waals surface area (Å²) in [6.45, 7) is 4.93. The molecule has 0 atom stereocenters. The second-order valence-corrected chi connectivity index (χ2v) is 8.64. The number of aromatic nitrogens is 4. The van der Waals surface area contributed by atoms with Crippen molar-refractivity contribution in [1.82, 2.24) is 25.3 Å². The molecule has 182 valence electrons. The van der Waals surface area contributed by atoms with E-state index in [9.17, 15) is 9.59 Å². The topological polar surface area (TPSA) is 195 Å².